The summed E-state index contributed by atoms with van der Waals surface area (Å²) < 4.78 is 7.49. The number of hydrogen-bond acceptors (Lipinski definition) is 6. The minimum Gasteiger partial charge on any atom is -0.497 e. The van der Waals surface area contributed by atoms with Crippen molar-refractivity contribution >= 4 is 34.6 Å². The molecular weight excluding hydrogens is 322 g/mol. The fraction of sp³-hybridized carbons (Fsp3) is 0.294. The largest absolute Gasteiger partial charge is 0.497 e. The summed E-state index contributed by atoms with van der Waals surface area (Å²) in [4.78, 5) is 9.63. The van der Waals surface area contributed by atoms with E-state index in [-0.39, 0.29) is 5.95 Å². The minimum absolute atomic E-state index is 0.202. The Morgan fingerprint density at radius 2 is 2.04 bits per heavy atom. The van der Waals surface area contributed by atoms with Crippen LogP contribution in [0.4, 0.5) is 11.8 Å². The SMILES string of the molecule is CCCn1c(Sc2cccc(OC)c2)c(C)c2c(N)nc(N)nc21. The first-order valence-electron chi connectivity index (χ1n) is 7.78. The van der Waals surface area contributed by atoms with Crippen LogP contribution >= 0.6 is 11.8 Å². The molecule has 24 heavy (non-hydrogen) atoms. The van der Waals surface area contributed by atoms with Gasteiger partial charge in [-0.2, -0.15) is 9.97 Å². The number of ether oxygens (including phenoxy) is 1. The molecule has 4 N–H and O–H groups in total. The van der Waals surface area contributed by atoms with Gasteiger partial charge in [0.1, 0.15) is 17.2 Å². The fourth-order valence-corrected chi connectivity index (χ4v) is 3.87. The van der Waals surface area contributed by atoms with Gasteiger partial charge in [-0.3, -0.25) is 0 Å². The first-order valence-corrected chi connectivity index (χ1v) is 8.60. The number of nitrogens with zero attached hydrogens (tertiary/aromatic N) is 3. The molecule has 0 saturated carbocycles. The molecule has 0 bridgehead atoms. The predicted molar refractivity (Wildman–Crippen MR) is 98.5 cm³/mol. The Balaban J connectivity index is 2.17. The average Bonchev–Trinajstić information content (AvgIpc) is 2.81. The maximum absolute atomic E-state index is 6.10. The summed E-state index contributed by atoms with van der Waals surface area (Å²) >= 11 is 1.67. The lowest BCUT2D eigenvalue weighted by Crippen LogP contribution is -2.04. The first kappa shape index (κ1) is 16.4. The molecule has 0 atom stereocenters. The summed E-state index contributed by atoms with van der Waals surface area (Å²) in [7, 11) is 1.67. The zero-order valence-electron chi connectivity index (χ0n) is 14.0. The number of anilines is 2. The van der Waals surface area contributed by atoms with Crippen molar-refractivity contribution in [1.29, 1.82) is 0 Å². The maximum atomic E-state index is 6.10. The van der Waals surface area contributed by atoms with Crippen molar-refractivity contribution < 1.29 is 4.74 Å². The van der Waals surface area contributed by atoms with E-state index in [4.69, 9.17) is 16.2 Å². The van der Waals surface area contributed by atoms with Gasteiger partial charge in [-0.1, -0.05) is 24.8 Å². The van der Waals surface area contributed by atoms with E-state index in [2.05, 4.69) is 27.5 Å². The number of aromatic nitrogens is 3. The van der Waals surface area contributed by atoms with Gasteiger partial charge >= 0.3 is 0 Å². The topological polar surface area (TPSA) is 92.0 Å². The third-order valence-corrected chi connectivity index (χ3v) is 5.04. The molecule has 0 aliphatic rings. The van der Waals surface area contributed by atoms with Crippen molar-refractivity contribution in [2.24, 2.45) is 0 Å². The Hall–Kier alpha value is -2.41. The van der Waals surface area contributed by atoms with Crippen LogP contribution in [0.3, 0.4) is 0 Å². The molecule has 0 radical (unpaired) electrons. The van der Waals surface area contributed by atoms with Crippen LogP contribution in [0.2, 0.25) is 0 Å². The molecule has 126 valence electrons. The number of rotatable bonds is 5. The summed E-state index contributed by atoms with van der Waals surface area (Å²) in [6.45, 7) is 5.02. The molecule has 0 amide bonds. The highest BCUT2D eigenvalue weighted by atomic mass is 32.2. The zero-order chi connectivity index (χ0) is 17.3. The Labute approximate surface area is 145 Å². The van der Waals surface area contributed by atoms with Crippen molar-refractivity contribution in [2.45, 2.75) is 36.7 Å². The van der Waals surface area contributed by atoms with Crippen LogP contribution < -0.4 is 16.2 Å². The van der Waals surface area contributed by atoms with E-state index in [0.29, 0.717) is 5.82 Å². The highest BCUT2D eigenvalue weighted by Crippen LogP contribution is 2.39. The van der Waals surface area contributed by atoms with E-state index in [1.807, 2.05) is 25.1 Å². The van der Waals surface area contributed by atoms with Gasteiger partial charge in [0.05, 0.1) is 17.5 Å². The molecule has 2 aromatic heterocycles. The third-order valence-electron chi connectivity index (χ3n) is 3.83. The number of nitrogens with two attached hydrogens (primary N) is 2. The molecule has 3 rings (SSSR count). The number of methoxy groups -OCH3 is 1. The van der Waals surface area contributed by atoms with Crippen LogP contribution in [-0.2, 0) is 6.54 Å². The van der Waals surface area contributed by atoms with Crippen molar-refractivity contribution in [3.8, 4) is 5.75 Å². The second-order valence-electron chi connectivity index (χ2n) is 5.53. The van der Waals surface area contributed by atoms with Crippen LogP contribution in [0.5, 0.6) is 5.75 Å². The minimum atomic E-state index is 0.202. The number of hydrogen-bond donors (Lipinski definition) is 2. The Bertz CT molecular complexity index is 890. The number of benzene rings is 1. The van der Waals surface area contributed by atoms with E-state index < -0.39 is 0 Å². The molecule has 2 heterocycles. The van der Waals surface area contributed by atoms with Gasteiger partial charge < -0.3 is 20.8 Å². The molecule has 0 spiro atoms. The molecular formula is C17H21N5OS. The molecule has 7 heteroatoms. The van der Waals surface area contributed by atoms with Gasteiger partial charge in [-0.05, 0) is 37.1 Å². The predicted octanol–water partition coefficient (Wildman–Crippen LogP) is 3.47. The summed E-state index contributed by atoms with van der Waals surface area (Å²) in [5, 5.41) is 1.98. The Kier molecular flexibility index (Phi) is 4.53. The normalized spacial score (nSPS) is 11.1. The maximum Gasteiger partial charge on any atom is 0.223 e. The van der Waals surface area contributed by atoms with Crippen molar-refractivity contribution in [2.75, 3.05) is 18.6 Å². The van der Waals surface area contributed by atoms with Crippen LogP contribution in [0.1, 0.15) is 18.9 Å². The summed E-state index contributed by atoms with van der Waals surface area (Å²) in [5.41, 5.74) is 13.8. The lowest BCUT2D eigenvalue weighted by atomic mass is 10.2. The number of aryl methyl sites for hydroxylation is 2. The van der Waals surface area contributed by atoms with Crippen LogP contribution in [-0.4, -0.2) is 21.6 Å². The second kappa shape index (κ2) is 6.60. The number of fused-ring (bicyclic) bond motifs is 1. The standard InChI is InChI=1S/C17H21N5OS/c1-4-8-22-15-13(14(18)20-17(19)21-15)10(2)16(22)24-12-7-5-6-11(9-12)23-3/h5-7,9H,4,8H2,1-3H3,(H4,18,19,20,21). The van der Waals surface area contributed by atoms with Crippen LogP contribution in [0, 0.1) is 6.92 Å². The highest BCUT2D eigenvalue weighted by Gasteiger charge is 2.19. The van der Waals surface area contributed by atoms with Gasteiger partial charge in [-0.15, -0.1) is 0 Å². The van der Waals surface area contributed by atoms with Crippen LogP contribution in [0.15, 0.2) is 34.2 Å². The van der Waals surface area contributed by atoms with Crippen molar-refractivity contribution in [1.82, 2.24) is 14.5 Å². The van der Waals surface area contributed by atoms with Gasteiger partial charge in [0.25, 0.3) is 0 Å². The molecule has 0 aliphatic carbocycles. The van der Waals surface area contributed by atoms with Gasteiger partial charge in [-0.25, -0.2) is 0 Å². The Morgan fingerprint density at radius 3 is 2.75 bits per heavy atom. The van der Waals surface area contributed by atoms with Gasteiger partial charge in [0.15, 0.2) is 0 Å². The van der Waals surface area contributed by atoms with Crippen LogP contribution in [0.25, 0.3) is 11.0 Å². The summed E-state index contributed by atoms with van der Waals surface area (Å²) in [5.74, 6) is 1.46. The van der Waals surface area contributed by atoms with E-state index in [1.165, 1.54) is 0 Å². The molecule has 6 nitrogen and oxygen atoms in total. The second-order valence-corrected chi connectivity index (χ2v) is 6.59. The molecule has 0 unspecified atom stereocenters. The number of nitrogen functional groups attached to an aromatic ring is 2. The fourth-order valence-electron chi connectivity index (χ4n) is 2.78. The summed E-state index contributed by atoms with van der Waals surface area (Å²) in [6, 6.07) is 7.99. The smallest absolute Gasteiger partial charge is 0.223 e. The monoisotopic (exact) mass is 343 g/mol. The van der Waals surface area contributed by atoms with Gasteiger partial charge in [0.2, 0.25) is 5.95 Å². The zero-order valence-corrected chi connectivity index (χ0v) is 14.9. The molecule has 3 aromatic rings. The van der Waals surface area contributed by atoms with Crippen molar-refractivity contribution in [3.05, 3.63) is 29.8 Å². The first-order chi connectivity index (χ1) is 11.5. The molecule has 1 aromatic carbocycles. The summed E-state index contributed by atoms with van der Waals surface area (Å²) in [6.07, 6.45) is 0.985. The molecule has 0 aliphatic heterocycles. The van der Waals surface area contributed by atoms with E-state index in [9.17, 15) is 0 Å². The molecule has 0 fully saturated rings. The Morgan fingerprint density at radius 1 is 1.25 bits per heavy atom. The lowest BCUT2D eigenvalue weighted by Gasteiger charge is -2.10. The van der Waals surface area contributed by atoms with E-state index >= 15 is 0 Å². The lowest BCUT2D eigenvalue weighted by molar-refractivity contribution is 0.413. The van der Waals surface area contributed by atoms with Gasteiger partial charge in [0, 0.05) is 11.4 Å². The molecule has 0 saturated heterocycles. The van der Waals surface area contributed by atoms with E-state index in [0.717, 1.165) is 45.2 Å². The highest BCUT2D eigenvalue weighted by molar-refractivity contribution is 7.99. The average molecular weight is 343 g/mol. The quantitative estimate of drug-likeness (QED) is 0.737. The van der Waals surface area contributed by atoms with Crippen molar-refractivity contribution in [3.63, 3.8) is 0 Å². The van der Waals surface area contributed by atoms with E-state index in [1.54, 1.807) is 18.9 Å². The third kappa shape index (κ3) is 2.87.